The normalized spacial score (nSPS) is 17.1. The Labute approximate surface area is 141 Å². The van der Waals surface area contributed by atoms with Gasteiger partial charge in [-0.05, 0) is 36.4 Å². The van der Waals surface area contributed by atoms with Crippen LogP contribution in [-0.4, -0.2) is 20.3 Å². The van der Waals surface area contributed by atoms with Gasteiger partial charge in [0.1, 0.15) is 5.82 Å². The minimum absolute atomic E-state index is 0.0664. The molecule has 1 N–H and O–H groups in total. The number of carbonyl (C=O) groups is 1. The predicted molar refractivity (Wildman–Crippen MR) is 95.3 cm³/mol. The Morgan fingerprint density at radius 1 is 1.33 bits per heavy atom. The standard InChI is InChI=1S/C19H22N4O/c1-4-8-23-19-18(12(2)21-23)15(11-17(24)20-19)14-6-5-13-7-9-22(3)16(13)10-14/h5-7,9-10,15H,4,8,11H2,1-3H3,(H,20,24). The van der Waals surface area contributed by atoms with Gasteiger partial charge in [0, 0.05) is 43.2 Å². The molecule has 124 valence electrons. The Morgan fingerprint density at radius 2 is 2.17 bits per heavy atom. The molecule has 0 bridgehead atoms. The first-order valence-corrected chi connectivity index (χ1v) is 8.50. The number of hydrogen-bond donors (Lipinski definition) is 1. The van der Waals surface area contributed by atoms with Crippen molar-refractivity contribution in [1.29, 1.82) is 0 Å². The van der Waals surface area contributed by atoms with Crippen LogP contribution in [0.5, 0.6) is 0 Å². The molecular formula is C19H22N4O. The van der Waals surface area contributed by atoms with Gasteiger partial charge in [-0.25, -0.2) is 4.68 Å². The van der Waals surface area contributed by atoms with Crippen molar-refractivity contribution in [3.8, 4) is 0 Å². The van der Waals surface area contributed by atoms with Crippen LogP contribution in [0.3, 0.4) is 0 Å². The van der Waals surface area contributed by atoms with Crippen molar-refractivity contribution >= 4 is 22.6 Å². The SMILES string of the molecule is CCCn1nc(C)c2c1NC(=O)CC2c1ccc2ccn(C)c2c1. The third-order valence-corrected chi connectivity index (χ3v) is 4.92. The Bertz CT molecular complexity index is 934. The van der Waals surface area contributed by atoms with Gasteiger partial charge >= 0.3 is 0 Å². The minimum Gasteiger partial charge on any atom is -0.351 e. The van der Waals surface area contributed by atoms with Gasteiger partial charge in [0.25, 0.3) is 0 Å². The highest BCUT2D eigenvalue weighted by Gasteiger charge is 2.32. The summed E-state index contributed by atoms with van der Waals surface area (Å²) in [6.45, 7) is 4.98. The zero-order valence-electron chi connectivity index (χ0n) is 14.3. The molecule has 1 aliphatic rings. The summed E-state index contributed by atoms with van der Waals surface area (Å²) in [6, 6.07) is 8.61. The first-order valence-electron chi connectivity index (χ1n) is 8.50. The van der Waals surface area contributed by atoms with Gasteiger partial charge in [-0.2, -0.15) is 5.10 Å². The topological polar surface area (TPSA) is 51.9 Å². The van der Waals surface area contributed by atoms with Crippen LogP contribution in [0.1, 0.15) is 42.5 Å². The van der Waals surface area contributed by atoms with E-state index >= 15 is 0 Å². The van der Waals surface area contributed by atoms with Crippen molar-refractivity contribution < 1.29 is 4.79 Å². The predicted octanol–water partition coefficient (Wildman–Crippen LogP) is 3.57. The van der Waals surface area contributed by atoms with E-state index in [4.69, 9.17) is 0 Å². The molecule has 1 unspecified atom stereocenters. The van der Waals surface area contributed by atoms with Crippen LogP contribution in [0, 0.1) is 6.92 Å². The van der Waals surface area contributed by atoms with E-state index in [1.54, 1.807) is 0 Å². The van der Waals surface area contributed by atoms with Gasteiger partial charge in [-0.15, -0.1) is 0 Å². The van der Waals surface area contributed by atoms with Crippen LogP contribution in [0.25, 0.3) is 10.9 Å². The second-order valence-corrected chi connectivity index (χ2v) is 6.62. The molecule has 1 amide bonds. The summed E-state index contributed by atoms with van der Waals surface area (Å²) < 4.78 is 4.06. The average Bonchev–Trinajstić information content (AvgIpc) is 3.08. The summed E-state index contributed by atoms with van der Waals surface area (Å²) in [5.74, 6) is 1.01. The molecule has 4 rings (SSSR count). The van der Waals surface area contributed by atoms with Gasteiger partial charge < -0.3 is 9.88 Å². The molecule has 24 heavy (non-hydrogen) atoms. The van der Waals surface area contributed by atoms with E-state index in [-0.39, 0.29) is 11.8 Å². The van der Waals surface area contributed by atoms with Gasteiger partial charge in [0.15, 0.2) is 0 Å². The molecule has 5 nitrogen and oxygen atoms in total. The number of nitrogens with zero attached hydrogens (tertiary/aromatic N) is 3. The molecule has 0 aliphatic carbocycles. The quantitative estimate of drug-likeness (QED) is 0.801. The molecule has 0 saturated carbocycles. The fourth-order valence-corrected chi connectivity index (χ4v) is 3.77. The van der Waals surface area contributed by atoms with Gasteiger partial charge in [0.05, 0.1) is 5.69 Å². The first-order chi connectivity index (χ1) is 11.6. The smallest absolute Gasteiger partial charge is 0.226 e. The maximum Gasteiger partial charge on any atom is 0.226 e. The second kappa shape index (κ2) is 5.51. The largest absolute Gasteiger partial charge is 0.351 e. The van der Waals surface area contributed by atoms with Gasteiger partial charge in [-0.3, -0.25) is 4.79 Å². The number of fused-ring (bicyclic) bond motifs is 2. The molecule has 0 radical (unpaired) electrons. The van der Waals surface area contributed by atoms with E-state index < -0.39 is 0 Å². The Morgan fingerprint density at radius 3 is 2.96 bits per heavy atom. The summed E-state index contributed by atoms with van der Waals surface area (Å²) in [5, 5.41) is 8.91. The molecule has 0 fully saturated rings. The molecule has 0 spiro atoms. The molecule has 2 aromatic heterocycles. The van der Waals surface area contributed by atoms with Crippen molar-refractivity contribution in [1.82, 2.24) is 14.3 Å². The van der Waals surface area contributed by atoms with Crippen LogP contribution < -0.4 is 5.32 Å². The lowest BCUT2D eigenvalue weighted by atomic mass is 9.85. The Balaban J connectivity index is 1.86. The third kappa shape index (κ3) is 2.23. The van der Waals surface area contributed by atoms with Crippen molar-refractivity contribution in [3.05, 3.63) is 47.3 Å². The number of carbonyl (C=O) groups excluding carboxylic acids is 1. The Kier molecular flexibility index (Phi) is 3.44. The number of aryl methyl sites for hydroxylation is 3. The van der Waals surface area contributed by atoms with Crippen molar-refractivity contribution in [2.45, 2.75) is 39.2 Å². The summed E-state index contributed by atoms with van der Waals surface area (Å²) in [4.78, 5) is 12.3. The summed E-state index contributed by atoms with van der Waals surface area (Å²) in [5.41, 5.74) is 4.55. The summed E-state index contributed by atoms with van der Waals surface area (Å²) in [6.07, 6.45) is 3.53. The summed E-state index contributed by atoms with van der Waals surface area (Å²) in [7, 11) is 2.05. The molecule has 3 aromatic rings. The van der Waals surface area contributed by atoms with Crippen LogP contribution >= 0.6 is 0 Å². The number of aromatic nitrogens is 3. The van der Waals surface area contributed by atoms with E-state index in [1.165, 1.54) is 16.5 Å². The molecule has 1 aromatic carbocycles. The maximum atomic E-state index is 12.3. The number of hydrogen-bond acceptors (Lipinski definition) is 2. The van der Waals surface area contributed by atoms with E-state index in [2.05, 4.69) is 59.4 Å². The lowest BCUT2D eigenvalue weighted by molar-refractivity contribution is -0.116. The zero-order chi connectivity index (χ0) is 16.8. The molecule has 1 atom stereocenters. The van der Waals surface area contributed by atoms with E-state index in [0.717, 1.165) is 30.0 Å². The third-order valence-electron chi connectivity index (χ3n) is 4.92. The van der Waals surface area contributed by atoms with Crippen molar-refractivity contribution in [3.63, 3.8) is 0 Å². The molecule has 1 aliphatic heterocycles. The minimum atomic E-state index is 0.0664. The second-order valence-electron chi connectivity index (χ2n) is 6.62. The van der Waals surface area contributed by atoms with Crippen LogP contribution in [-0.2, 0) is 18.4 Å². The highest BCUT2D eigenvalue weighted by atomic mass is 16.1. The van der Waals surface area contributed by atoms with Crippen molar-refractivity contribution in [2.24, 2.45) is 7.05 Å². The number of anilines is 1. The lowest BCUT2D eigenvalue weighted by Gasteiger charge is -2.24. The van der Waals surface area contributed by atoms with Crippen LogP contribution in [0.4, 0.5) is 5.82 Å². The van der Waals surface area contributed by atoms with Gasteiger partial charge in [0.2, 0.25) is 5.91 Å². The highest BCUT2D eigenvalue weighted by molar-refractivity contribution is 5.95. The fourth-order valence-electron chi connectivity index (χ4n) is 3.77. The van der Waals surface area contributed by atoms with Gasteiger partial charge in [-0.1, -0.05) is 19.1 Å². The number of rotatable bonds is 3. The van der Waals surface area contributed by atoms with Crippen molar-refractivity contribution in [2.75, 3.05) is 5.32 Å². The van der Waals surface area contributed by atoms with E-state index in [9.17, 15) is 4.79 Å². The molecule has 5 heteroatoms. The maximum absolute atomic E-state index is 12.3. The van der Waals surface area contributed by atoms with E-state index in [1.807, 2.05) is 11.6 Å². The fraction of sp³-hybridized carbons (Fsp3) is 0.368. The highest BCUT2D eigenvalue weighted by Crippen LogP contribution is 2.40. The monoisotopic (exact) mass is 322 g/mol. The number of benzene rings is 1. The molecular weight excluding hydrogens is 300 g/mol. The number of nitrogens with one attached hydrogen (secondary N) is 1. The zero-order valence-corrected chi connectivity index (χ0v) is 14.3. The van der Waals surface area contributed by atoms with Crippen LogP contribution in [0.15, 0.2) is 30.5 Å². The lowest BCUT2D eigenvalue weighted by Crippen LogP contribution is -2.25. The van der Waals surface area contributed by atoms with Crippen LogP contribution in [0.2, 0.25) is 0 Å². The molecule has 3 heterocycles. The van der Waals surface area contributed by atoms with E-state index in [0.29, 0.717) is 6.42 Å². The Hall–Kier alpha value is -2.56. The summed E-state index contributed by atoms with van der Waals surface area (Å²) >= 11 is 0. The average molecular weight is 322 g/mol. The number of amides is 1. The first kappa shape index (κ1) is 15.0. The molecule has 0 saturated heterocycles.